The molecule has 1 aliphatic carbocycles. The van der Waals surface area contributed by atoms with Gasteiger partial charge in [0.15, 0.2) is 0 Å². The number of benzene rings is 2. The van der Waals surface area contributed by atoms with Crippen LogP contribution < -0.4 is 25.2 Å². The van der Waals surface area contributed by atoms with E-state index < -0.39 is 6.35 Å². The Morgan fingerprint density at radius 3 is 2.44 bits per heavy atom. The van der Waals surface area contributed by atoms with Crippen molar-refractivity contribution in [1.82, 2.24) is 25.1 Å². The van der Waals surface area contributed by atoms with Crippen molar-refractivity contribution in [2.75, 3.05) is 49.1 Å². The van der Waals surface area contributed by atoms with Crippen LogP contribution in [0.1, 0.15) is 81.8 Å². The predicted molar refractivity (Wildman–Crippen MR) is 221 cm³/mol. The quantitative estimate of drug-likeness (QED) is 0.178. The molecule has 3 saturated heterocycles. The second-order valence-corrected chi connectivity index (χ2v) is 17.9. The Morgan fingerprint density at radius 1 is 1.02 bits per heavy atom. The third-order valence-electron chi connectivity index (χ3n) is 13.1. The Kier molecular flexibility index (Phi) is 10.6. The number of hydrogen-bond donors (Lipinski definition) is 3. The molecule has 4 fully saturated rings. The van der Waals surface area contributed by atoms with E-state index in [4.69, 9.17) is 21.3 Å². The van der Waals surface area contributed by atoms with Gasteiger partial charge in [0.25, 0.3) is 5.91 Å². The molecule has 4 aromatic rings. The van der Waals surface area contributed by atoms with Crippen molar-refractivity contribution in [3.8, 4) is 11.8 Å². The summed E-state index contributed by atoms with van der Waals surface area (Å²) in [6, 6.07) is 19.7. The van der Waals surface area contributed by atoms with Crippen molar-refractivity contribution < 1.29 is 19.4 Å². The zero-order valence-electron chi connectivity index (χ0n) is 33.2. The molecular formula is C44H53ClN8O4. The Morgan fingerprint density at radius 2 is 1.77 bits per heavy atom. The first-order valence-corrected chi connectivity index (χ1v) is 20.7. The van der Waals surface area contributed by atoms with Gasteiger partial charge in [-0.25, -0.2) is 4.98 Å². The summed E-state index contributed by atoms with van der Waals surface area (Å²) >= 11 is 6.26. The molecule has 2 aromatic heterocycles. The Bertz CT molecular complexity index is 2150. The molecule has 5 heterocycles. The molecule has 2 amide bonds. The fourth-order valence-corrected chi connectivity index (χ4v) is 10.5. The SMILES string of the molecule is CC1(C)[C@H](NC(=O)c2ccc(N3CCC(CN4CCC(n5ccc6c(N7CCC(=O)NC7O)cccc65)CC4)CC3)nc2)C(C)(C)[C@H]1Oc1ccc(C#N)c(Cl)c1. The number of halogens is 1. The van der Waals surface area contributed by atoms with Gasteiger partial charge in [-0.2, -0.15) is 5.26 Å². The molecule has 0 bridgehead atoms. The number of carbonyl (C=O) groups is 2. The number of aromatic nitrogens is 2. The predicted octanol–water partition coefficient (Wildman–Crippen LogP) is 6.33. The van der Waals surface area contributed by atoms with Gasteiger partial charge in [-0.3, -0.25) is 9.59 Å². The number of carbonyl (C=O) groups excluding carboxylic acids is 2. The van der Waals surface area contributed by atoms with Crippen LogP contribution in [-0.4, -0.2) is 89.1 Å². The van der Waals surface area contributed by atoms with E-state index in [2.05, 4.69) is 77.1 Å². The highest BCUT2D eigenvalue weighted by molar-refractivity contribution is 6.31. The average molecular weight is 793 g/mol. The highest BCUT2D eigenvalue weighted by atomic mass is 35.5. The van der Waals surface area contributed by atoms with E-state index in [0.717, 1.165) is 75.3 Å². The topological polar surface area (TPSA) is 139 Å². The Labute approximate surface area is 339 Å². The number of piperidine rings is 2. The molecule has 1 atom stereocenters. The molecule has 57 heavy (non-hydrogen) atoms. The summed E-state index contributed by atoms with van der Waals surface area (Å²) in [6.07, 6.45) is 7.47. The molecule has 2 aromatic carbocycles. The summed E-state index contributed by atoms with van der Waals surface area (Å²) < 4.78 is 8.79. The van der Waals surface area contributed by atoms with Gasteiger partial charge >= 0.3 is 0 Å². The molecule has 8 rings (SSSR count). The van der Waals surface area contributed by atoms with Gasteiger partial charge in [0, 0.05) is 98.1 Å². The van der Waals surface area contributed by atoms with Crippen molar-refractivity contribution in [1.29, 1.82) is 5.26 Å². The maximum atomic E-state index is 13.5. The van der Waals surface area contributed by atoms with Gasteiger partial charge < -0.3 is 39.7 Å². The van der Waals surface area contributed by atoms with Gasteiger partial charge in [-0.1, -0.05) is 45.4 Å². The lowest BCUT2D eigenvalue weighted by atomic mass is 9.49. The summed E-state index contributed by atoms with van der Waals surface area (Å²) in [5.74, 6) is 1.88. The number of fused-ring (bicyclic) bond motifs is 1. The second kappa shape index (κ2) is 15.5. The van der Waals surface area contributed by atoms with Crippen molar-refractivity contribution >= 4 is 45.8 Å². The Hall–Kier alpha value is -4.83. The number of nitriles is 1. The first kappa shape index (κ1) is 39.0. The van der Waals surface area contributed by atoms with E-state index in [1.807, 2.05) is 29.2 Å². The van der Waals surface area contributed by atoms with Crippen LogP contribution in [0.3, 0.4) is 0 Å². The van der Waals surface area contributed by atoms with Crippen LogP contribution in [0.4, 0.5) is 11.5 Å². The minimum Gasteiger partial charge on any atom is -0.489 e. The molecule has 13 heteroatoms. The summed E-state index contributed by atoms with van der Waals surface area (Å²) in [4.78, 5) is 36.8. The van der Waals surface area contributed by atoms with Crippen LogP contribution in [0.5, 0.6) is 5.75 Å². The van der Waals surface area contributed by atoms with Crippen molar-refractivity contribution in [3.63, 3.8) is 0 Å². The number of ether oxygens (including phenoxy) is 1. The first-order valence-electron chi connectivity index (χ1n) is 20.3. The molecule has 300 valence electrons. The molecule has 0 spiro atoms. The molecule has 1 saturated carbocycles. The maximum Gasteiger partial charge on any atom is 0.253 e. The van der Waals surface area contributed by atoms with E-state index >= 15 is 0 Å². The standard InChI is InChI=1S/C44H53ClN8O4/c1-43(2)40(44(3,4)41(43)57-32-10-8-29(25-46)34(45)24-32)49-39(55)30-9-11-37(47-26-30)51-20-12-28(13-21-51)27-50-18-14-31(15-19-50)52-22-16-33-35(52)6-5-7-36(33)53-23-17-38(54)48-42(53)56/h5-11,16,22,24,26,28,31,40-42,56H,12-15,17-21,23,27H2,1-4H3,(H,48,54)(H,49,55)/t40-,41-,42?. The molecule has 1 unspecified atom stereocenters. The van der Waals surface area contributed by atoms with Crippen LogP contribution in [0.25, 0.3) is 10.9 Å². The van der Waals surface area contributed by atoms with Crippen LogP contribution >= 0.6 is 11.6 Å². The number of rotatable bonds is 9. The third-order valence-corrected chi connectivity index (χ3v) is 13.4. The van der Waals surface area contributed by atoms with E-state index in [-0.39, 0.29) is 34.8 Å². The first-order chi connectivity index (χ1) is 27.3. The van der Waals surface area contributed by atoms with Crippen molar-refractivity contribution in [2.24, 2.45) is 16.7 Å². The van der Waals surface area contributed by atoms with Crippen molar-refractivity contribution in [2.45, 2.75) is 84.3 Å². The molecule has 4 aliphatic rings. The van der Waals surface area contributed by atoms with E-state index in [0.29, 0.717) is 46.8 Å². The van der Waals surface area contributed by atoms with Crippen LogP contribution in [-0.2, 0) is 4.79 Å². The number of pyridine rings is 1. The highest BCUT2D eigenvalue weighted by Gasteiger charge is 2.64. The summed E-state index contributed by atoms with van der Waals surface area (Å²) in [6.45, 7) is 14.0. The average Bonchev–Trinajstić information content (AvgIpc) is 3.64. The van der Waals surface area contributed by atoms with E-state index in [1.165, 1.54) is 5.52 Å². The van der Waals surface area contributed by atoms with Gasteiger partial charge in [-0.15, -0.1) is 0 Å². The smallest absolute Gasteiger partial charge is 0.253 e. The van der Waals surface area contributed by atoms with Gasteiger partial charge in [-0.05, 0) is 74.1 Å². The number of aliphatic hydroxyl groups is 1. The Balaban J connectivity index is 0.799. The number of nitrogens with one attached hydrogen (secondary N) is 2. The summed E-state index contributed by atoms with van der Waals surface area (Å²) in [7, 11) is 0. The molecule has 12 nitrogen and oxygen atoms in total. The second-order valence-electron chi connectivity index (χ2n) is 17.5. The zero-order valence-corrected chi connectivity index (χ0v) is 34.0. The highest BCUT2D eigenvalue weighted by Crippen LogP contribution is 2.55. The number of anilines is 2. The number of hydrogen-bond acceptors (Lipinski definition) is 9. The lowest BCUT2D eigenvalue weighted by Gasteiger charge is -2.63. The maximum absolute atomic E-state index is 13.5. The van der Waals surface area contributed by atoms with Gasteiger partial charge in [0.05, 0.1) is 21.7 Å². The molecule has 0 radical (unpaired) electrons. The van der Waals surface area contributed by atoms with E-state index in [1.54, 1.807) is 24.4 Å². The van der Waals surface area contributed by atoms with E-state index in [9.17, 15) is 20.0 Å². The van der Waals surface area contributed by atoms with Crippen molar-refractivity contribution in [3.05, 3.63) is 83.1 Å². The van der Waals surface area contributed by atoms with Crippen LogP contribution in [0.2, 0.25) is 5.02 Å². The number of aliphatic hydroxyl groups excluding tert-OH is 1. The fourth-order valence-electron chi connectivity index (χ4n) is 10.2. The number of amides is 2. The normalized spacial score (nSPS) is 24.1. The largest absolute Gasteiger partial charge is 0.489 e. The molecule has 3 aliphatic heterocycles. The number of likely N-dealkylation sites (tertiary alicyclic amines) is 1. The minimum absolute atomic E-state index is 0.124. The monoisotopic (exact) mass is 792 g/mol. The van der Waals surface area contributed by atoms with Gasteiger partial charge in [0.2, 0.25) is 12.3 Å². The lowest BCUT2D eigenvalue weighted by molar-refractivity contribution is -0.164. The third kappa shape index (κ3) is 7.53. The minimum atomic E-state index is -1.01. The fraction of sp³-hybridized carbons (Fsp3) is 0.500. The number of nitrogens with zero attached hydrogens (tertiary/aromatic N) is 6. The van der Waals surface area contributed by atoms with Crippen LogP contribution in [0.15, 0.2) is 67.0 Å². The van der Waals surface area contributed by atoms with Gasteiger partial charge in [0.1, 0.15) is 23.7 Å². The lowest BCUT2D eigenvalue weighted by Crippen LogP contribution is -2.74. The van der Waals surface area contributed by atoms with Crippen LogP contribution in [0, 0.1) is 28.1 Å². The summed E-state index contributed by atoms with van der Waals surface area (Å²) in [5, 5.41) is 27.1. The molecule has 3 N–H and O–H groups in total. The zero-order chi connectivity index (χ0) is 40.1. The summed E-state index contributed by atoms with van der Waals surface area (Å²) in [5.41, 5.74) is 2.36. The molecular weight excluding hydrogens is 740 g/mol.